The van der Waals surface area contributed by atoms with Crippen LogP contribution >= 0.6 is 0 Å². The maximum absolute atomic E-state index is 12.4. The molecule has 1 aromatic heterocycles. The first kappa shape index (κ1) is 15.4. The number of carbonyl (C=O) groups excluding carboxylic acids is 1. The van der Waals surface area contributed by atoms with Crippen molar-refractivity contribution in [2.75, 3.05) is 6.54 Å². The van der Waals surface area contributed by atoms with Crippen molar-refractivity contribution in [3.8, 4) is 0 Å². The van der Waals surface area contributed by atoms with E-state index in [1.54, 1.807) is 0 Å². The van der Waals surface area contributed by atoms with E-state index >= 15 is 0 Å². The Morgan fingerprint density at radius 1 is 1.38 bits per heavy atom. The SMILES string of the molecule is NC(=O)C1CC(O)CN1S(=O)(=O)c1ccc(C(=O)O)cn1. The highest BCUT2D eigenvalue weighted by Crippen LogP contribution is 2.25. The highest BCUT2D eigenvalue weighted by Gasteiger charge is 2.43. The Labute approximate surface area is 120 Å². The third-order valence-electron chi connectivity index (χ3n) is 3.12. The molecule has 1 fully saturated rings. The van der Waals surface area contributed by atoms with Gasteiger partial charge in [-0.3, -0.25) is 4.79 Å². The van der Waals surface area contributed by atoms with Crippen LogP contribution in [-0.4, -0.2) is 58.5 Å². The van der Waals surface area contributed by atoms with E-state index in [0.29, 0.717) is 0 Å². The summed E-state index contributed by atoms with van der Waals surface area (Å²) >= 11 is 0. The lowest BCUT2D eigenvalue weighted by Gasteiger charge is -2.20. The molecule has 2 atom stereocenters. The molecule has 1 saturated heterocycles. The van der Waals surface area contributed by atoms with Gasteiger partial charge in [0.2, 0.25) is 5.91 Å². The number of aromatic carboxylic acids is 1. The Kier molecular flexibility index (Phi) is 3.94. The Hall–Kier alpha value is -2.04. The molecular weight excluding hydrogens is 302 g/mol. The van der Waals surface area contributed by atoms with Crippen molar-refractivity contribution < 1.29 is 28.2 Å². The van der Waals surface area contributed by atoms with Gasteiger partial charge in [0.1, 0.15) is 6.04 Å². The molecule has 1 aromatic rings. The standard InChI is InChI=1S/C11H13N3O6S/c12-10(16)8-3-7(15)5-14(8)21(19,20)9-2-1-6(4-13-9)11(17)18/h1-2,4,7-8,15H,3,5H2,(H2,12,16)(H,17,18). The first-order valence-electron chi connectivity index (χ1n) is 5.92. The number of carboxylic acid groups (broad SMARTS) is 1. The number of carbonyl (C=O) groups is 2. The number of sulfonamides is 1. The van der Waals surface area contributed by atoms with Crippen LogP contribution in [-0.2, 0) is 14.8 Å². The van der Waals surface area contributed by atoms with Gasteiger partial charge in [-0.25, -0.2) is 18.2 Å². The minimum absolute atomic E-state index is 0.0816. The molecule has 114 valence electrons. The van der Waals surface area contributed by atoms with E-state index in [2.05, 4.69) is 4.98 Å². The Balaban J connectivity index is 2.37. The lowest BCUT2D eigenvalue weighted by molar-refractivity contribution is -0.121. The highest BCUT2D eigenvalue weighted by molar-refractivity contribution is 7.89. The summed E-state index contributed by atoms with van der Waals surface area (Å²) in [6, 6.07) is 0.973. The van der Waals surface area contributed by atoms with Gasteiger partial charge in [0, 0.05) is 19.2 Å². The van der Waals surface area contributed by atoms with E-state index < -0.39 is 39.1 Å². The molecule has 9 nitrogen and oxygen atoms in total. The van der Waals surface area contributed by atoms with E-state index in [4.69, 9.17) is 10.8 Å². The number of carboxylic acids is 1. The van der Waals surface area contributed by atoms with E-state index in [9.17, 15) is 23.1 Å². The molecule has 0 aromatic carbocycles. The summed E-state index contributed by atoms with van der Waals surface area (Å²) < 4.78 is 25.5. The van der Waals surface area contributed by atoms with Crippen LogP contribution in [0.2, 0.25) is 0 Å². The molecular formula is C11H13N3O6S. The number of primary amides is 1. The van der Waals surface area contributed by atoms with Crippen molar-refractivity contribution in [1.82, 2.24) is 9.29 Å². The first-order valence-corrected chi connectivity index (χ1v) is 7.36. The van der Waals surface area contributed by atoms with Crippen molar-refractivity contribution >= 4 is 21.9 Å². The zero-order valence-electron chi connectivity index (χ0n) is 10.7. The zero-order chi connectivity index (χ0) is 15.8. The van der Waals surface area contributed by atoms with Crippen molar-refractivity contribution in [3.63, 3.8) is 0 Å². The average Bonchev–Trinajstić information content (AvgIpc) is 2.82. The lowest BCUT2D eigenvalue weighted by Crippen LogP contribution is -2.43. The third kappa shape index (κ3) is 2.86. The van der Waals surface area contributed by atoms with Gasteiger partial charge in [0.25, 0.3) is 10.0 Å². The molecule has 0 bridgehead atoms. The van der Waals surface area contributed by atoms with Crippen molar-refractivity contribution in [2.45, 2.75) is 23.6 Å². The number of aromatic nitrogens is 1. The predicted molar refractivity (Wildman–Crippen MR) is 68.7 cm³/mol. The molecule has 2 heterocycles. The monoisotopic (exact) mass is 315 g/mol. The summed E-state index contributed by atoms with van der Waals surface area (Å²) in [7, 11) is -4.14. The fraction of sp³-hybridized carbons (Fsp3) is 0.364. The smallest absolute Gasteiger partial charge is 0.337 e. The van der Waals surface area contributed by atoms with Crippen molar-refractivity contribution in [3.05, 3.63) is 23.9 Å². The summed E-state index contributed by atoms with van der Waals surface area (Å²) in [6.07, 6.45) is -0.168. The second-order valence-corrected chi connectivity index (χ2v) is 6.41. The summed E-state index contributed by atoms with van der Waals surface area (Å²) in [5.74, 6) is -2.10. The second-order valence-electron chi connectivity index (χ2n) is 4.57. The molecule has 0 aliphatic carbocycles. The lowest BCUT2D eigenvalue weighted by atomic mass is 10.2. The zero-order valence-corrected chi connectivity index (χ0v) is 11.5. The van der Waals surface area contributed by atoms with Gasteiger partial charge in [0.05, 0.1) is 11.7 Å². The number of rotatable bonds is 4. The molecule has 10 heteroatoms. The van der Waals surface area contributed by atoms with Gasteiger partial charge in [0.15, 0.2) is 5.03 Å². The molecule has 21 heavy (non-hydrogen) atoms. The van der Waals surface area contributed by atoms with E-state index in [1.165, 1.54) is 0 Å². The average molecular weight is 315 g/mol. The highest BCUT2D eigenvalue weighted by atomic mass is 32.2. The molecule has 1 aliphatic heterocycles. The van der Waals surface area contributed by atoms with Crippen LogP contribution in [0.4, 0.5) is 0 Å². The molecule has 0 spiro atoms. The summed E-state index contributed by atoms with van der Waals surface area (Å²) in [5.41, 5.74) is 4.97. The second kappa shape index (κ2) is 5.39. The van der Waals surface area contributed by atoms with Gasteiger partial charge in [-0.05, 0) is 12.1 Å². The number of aliphatic hydroxyl groups is 1. The largest absolute Gasteiger partial charge is 0.478 e. The maximum Gasteiger partial charge on any atom is 0.337 e. The first-order chi connectivity index (χ1) is 9.73. The van der Waals surface area contributed by atoms with Crippen LogP contribution in [0.25, 0.3) is 0 Å². The molecule has 2 unspecified atom stereocenters. The van der Waals surface area contributed by atoms with Crippen LogP contribution in [0.15, 0.2) is 23.4 Å². The van der Waals surface area contributed by atoms with Gasteiger partial charge < -0.3 is 15.9 Å². The topological polar surface area (TPSA) is 151 Å². The normalized spacial score (nSPS) is 23.1. The maximum atomic E-state index is 12.4. The number of nitrogens with two attached hydrogens (primary N) is 1. The molecule has 1 amide bonds. The number of β-amino-alcohol motifs (C(OH)–C–C–N with tert-alkyl or cyclic N) is 1. The van der Waals surface area contributed by atoms with Crippen LogP contribution in [0.1, 0.15) is 16.8 Å². The fourth-order valence-corrected chi connectivity index (χ4v) is 3.65. The minimum Gasteiger partial charge on any atom is -0.478 e. The van der Waals surface area contributed by atoms with Gasteiger partial charge in [-0.2, -0.15) is 4.31 Å². The molecule has 0 radical (unpaired) electrons. The van der Waals surface area contributed by atoms with Gasteiger partial charge in [-0.1, -0.05) is 0 Å². The Morgan fingerprint density at radius 3 is 2.52 bits per heavy atom. The van der Waals surface area contributed by atoms with E-state index in [0.717, 1.165) is 22.6 Å². The number of pyridine rings is 1. The number of amides is 1. The summed E-state index contributed by atoms with van der Waals surface area (Å²) in [5, 5.41) is 17.9. The number of hydrogen-bond donors (Lipinski definition) is 3. The number of hydrogen-bond acceptors (Lipinski definition) is 6. The van der Waals surface area contributed by atoms with Gasteiger partial charge >= 0.3 is 5.97 Å². The molecule has 0 saturated carbocycles. The molecule has 1 aliphatic rings. The minimum atomic E-state index is -4.14. The van der Waals surface area contributed by atoms with Crippen LogP contribution in [0, 0.1) is 0 Å². The Bertz CT molecular complexity index is 672. The van der Waals surface area contributed by atoms with E-state index in [-0.39, 0.29) is 18.5 Å². The van der Waals surface area contributed by atoms with Crippen LogP contribution < -0.4 is 5.73 Å². The third-order valence-corrected chi connectivity index (χ3v) is 4.91. The summed E-state index contributed by atoms with van der Waals surface area (Å²) in [4.78, 5) is 25.6. The van der Waals surface area contributed by atoms with Crippen LogP contribution in [0.3, 0.4) is 0 Å². The van der Waals surface area contributed by atoms with Crippen molar-refractivity contribution in [2.24, 2.45) is 5.73 Å². The predicted octanol–water partition coefficient (Wildman–Crippen LogP) is -1.61. The number of aliphatic hydroxyl groups excluding tert-OH is 1. The van der Waals surface area contributed by atoms with Crippen LogP contribution in [0.5, 0.6) is 0 Å². The van der Waals surface area contributed by atoms with Crippen molar-refractivity contribution in [1.29, 1.82) is 0 Å². The number of nitrogens with zero attached hydrogens (tertiary/aromatic N) is 2. The van der Waals surface area contributed by atoms with Gasteiger partial charge in [-0.15, -0.1) is 0 Å². The van der Waals surface area contributed by atoms with E-state index in [1.807, 2.05) is 0 Å². The molecule has 4 N–H and O–H groups in total. The Morgan fingerprint density at radius 2 is 2.05 bits per heavy atom. The summed E-state index contributed by atoms with van der Waals surface area (Å²) in [6.45, 7) is -0.266. The molecule has 2 rings (SSSR count). The quantitative estimate of drug-likeness (QED) is 0.604. The fourth-order valence-electron chi connectivity index (χ4n) is 2.09.